The molecule has 1 aliphatic rings. The summed E-state index contributed by atoms with van der Waals surface area (Å²) in [4.78, 5) is 24.3. The fourth-order valence-electron chi connectivity index (χ4n) is 3.75. The van der Waals surface area contributed by atoms with Crippen LogP contribution in [0.2, 0.25) is 0 Å². The van der Waals surface area contributed by atoms with E-state index < -0.39 is 6.61 Å². The van der Waals surface area contributed by atoms with Gasteiger partial charge in [0.05, 0.1) is 13.7 Å². The summed E-state index contributed by atoms with van der Waals surface area (Å²) in [5.74, 6) is -0.333. The second-order valence-corrected chi connectivity index (χ2v) is 8.45. The number of hydrogen-bond acceptors (Lipinski definition) is 4. The van der Waals surface area contributed by atoms with Crippen LogP contribution in [0, 0.1) is 0 Å². The number of benzene rings is 2. The fourth-order valence-corrected chi connectivity index (χ4v) is 4.20. The number of carbonyl (C=O) groups is 2. The second-order valence-electron chi connectivity index (χ2n) is 7.53. The first kappa shape index (κ1) is 31.3. The number of para-hydroxylation sites is 1. The third-order valence-corrected chi connectivity index (χ3v) is 5.85. The Morgan fingerprint density at radius 3 is 2.59 bits per heavy atom. The molecule has 1 aromatic heterocycles. The molecule has 3 aromatic rings. The van der Waals surface area contributed by atoms with E-state index in [9.17, 15) is 14.0 Å². The van der Waals surface area contributed by atoms with E-state index >= 15 is 0 Å². The number of aliphatic hydroxyl groups is 1. The molecule has 1 aliphatic heterocycles. The van der Waals surface area contributed by atoms with Gasteiger partial charge in [0.25, 0.3) is 0 Å². The zero-order valence-corrected chi connectivity index (χ0v) is 24.7. The maximum absolute atomic E-state index is 11.5. The molecule has 9 heteroatoms. The molecule has 1 N–H and O–H groups in total. The normalized spacial score (nSPS) is 14.9. The van der Waals surface area contributed by atoms with E-state index in [1.54, 1.807) is 16.8 Å². The summed E-state index contributed by atoms with van der Waals surface area (Å²) in [5.41, 5.74) is 2.57. The van der Waals surface area contributed by atoms with Gasteiger partial charge < -0.3 is 24.7 Å². The van der Waals surface area contributed by atoms with Gasteiger partial charge in [-0.3, -0.25) is 9.18 Å². The topological polar surface area (TPSA) is 76.6 Å². The third-order valence-electron chi connectivity index (χ3n) is 5.36. The van der Waals surface area contributed by atoms with E-state index in [0.717, 1.165) is 28.2 Å². The monoisotopic (exact) mass is 557 g/mol. The van der Waals surface area contributed by atoms with Crippen LogP contribution >= 0.6 is 15.9 Å². The molecule has 2 aromatic carbocycles. The number of alkyl halides is 1. The number of rotatable bonds is 7. The van der Waals surface area contributed by atoms with Crippen molar-refractivity contribution in [1.29, 1.82) is 0 Å². The quantitative estimate of drug-likeness (QED) is 0.274. The van der Waals surface area contributed by atoms with E-state index in [1.807, 2.05) is 24.3 Å². The molecule has 1 saturated heterocycles. The average molecular weight is 559 g/mol. The van der Waals surface area contributed by atoms with Gasteiger partial charge in [0.1, 0.15) is 12.9 Å². The van der Waals surface area contributed by atoms with Crippen LogP contribution in [0.5, 0.6) is 0 Å². The predicted octanol–water partition coefficient (Wildman–Crippen LogP) is 1.98. The van der Waals surface area contributed by atoms with E-state index in [2.05, 4.69) is 46.1 Å². The zero-order valence-electron chi connectivity index (χ0n) is 20.0. The van der Waals surface area contributed by atoms with Gasteiger partial charge in [0.15, 0.2) is 5.78 Å². The van der Waals surface area contributed by atoms with Gasteiger partial charge in [0.2, 0.25) is 0 Å². The number of aromatic nitrogens is 1. The Labute approximate surface area is 251 Å². The number of hydrogen-bond donors (Lipinski definition) is 1. The first-order valence-electron chi connectivity index (χ1n) is 10.7. The van der Waals surface area contributed by atoms with Crippen LogP contribution in [0.15, 0.2) is 59.2 Å². The Balaban J connectivity index is 0.000000309. The number of Topliss-reactive ketones (excluding diaryl/α,β-unsaturated/α-hetero) is 1. The molecule has 178 valence electrons. The van der Waals surface area contributed by atoms with E-state index in [4.69, 9.17) is 10.4 Å². The maximum atomic E-state index is 11.5. The number of aldehydes is 1. The number of aliphatic hydroxyl groups excluding tert-OH is 1. The van der Waals surface area contributed by atoms with Gasteiger partial charge in [-0.15, -0.1) is 6.54 Å². The molecule has 0 radical (unpaired) electrons. The van der Waals surface area contributed by atoms with Crippen LogP contribution in [0.25, 0.3) is 16.2 Å². The van der Waals surface area contributed by atoms with Crippen LogP contribution in [0.4, 0.5) is 4.39 Å². The van der Waals surface area contributed by atoms with Crippen LogP contribution in [-0.2, 0) is 17.9 Å². The molecule has 0 aliphatic carbocycles. The Bertz CT molecular complexity index is 1050. The smallest absolute Gasteiger partial charge is 0.643 e. The summed E-state index contributed by atoms with van der Waals surface area (Å²) in [6.07, 6.45) is 5.31. The first-order valence-corrected chi connectivity index (χ1v) is 11.5. The molecule has 1 fully saturated rings. The summed E-state index contributed by atoms with van der Waals surface area (Å²) < 4.78 is 12.3. The molecule has 0 amide bonds. The molecule has 1 atom stereocenters. The number of ketones is 1. The van der Waals surface area contributed by atoms with Gasteiger partial charge in [-0.2, -0.15) is 0 Å². The van der Waals surface area contributed by atoms with Crippen LogP contribution in [-0.4, -0.2) is 60.2 Å². The maximum Gasteiger partial charge on any atom is 1.00 e. The van der Waals surface area contributed by atoms with Crippen molar-refractivity contribution in [2.45, 2.75) is 32.1 Å². The Kier molecular flexibility index (Phi) is 15.5. The van der Waals surface area contributed by atoms with Crippen molar-refractivity contribution in [3.63, 3.8) is 0 Å². The van der Waals surface area contributed by atoms with Crippen LogP contribution in [0.3, 0.4) is 0 Å². The van der Waals surface area contributed by atoms with Crippen molar-refractivity contribution in [3.8, 4) is 0 Å². The largest absolute Gasteiger partial charge is 1.00 e. The van der Waals surface area contributed by atoms with Gasteiger partial charge in [0, 0.05) is 27.1 Å². The molecule has 0 spiro atoms. The van der Waals surface area contributed by atoms with Crippen LogP contribution < -0.4 is 51.4 Å². The molecule has 1 unspecified atom stereocenters. The summed E-state index contributed by atoms with van der Waals surface area (Å²) in [5, 5.41) is 14.3. The summed E-state index contributed by atoms with van der Waals surface area (Å²) in [6, 6.07) is 15.7. The number of nitrogens with zero attached hydrogens (tertiary/aromatic N) is 3. The van der Waals surface area contributed by atoms with E-state index in [1.165, 1.54) is 24.9 Å². The Morgan fingerprint density at radius 1 is 1.24 bits per heavy atom. The molecule has 0 bridgehead atoms. The molecule has 0 saturated carbocycles. The van der Waals surface area contributed by atoms with Gasteiger partial charge in [-0.05, 0) is 38.2 Å². The summed E-state index contributed by atoms with van der Waals surface area (Å²) in [7, 11) is 2.65. The van der Waals surface area contributed by atoms with Gasteiger partial charge in [-0.25, -0.2) is 0 Å². The van der Waals surface area contributed by atoms with Gasteiger partial charge in [-0.1, -0.05) is 64.4 Å². The minimum atomic E-state index is -0.519. The van der Waals surface area contributed by atoms with Gasteiger partial charge >= 0.3 is 51.4 Å². The minimum Gasteiger partial charge on any atom is -0.643 e. The van der Waals surface area contributed by atoms with Crippen molar-refractivity contribution in [2.24, 2.45) is 0 Å². The SMILES string of the molecule is CF.CN1CCCC1[N-]Cc1cccc(Br)c1.O=CCn1cc(C(=O)CO)c2ccccc21.[K+]. The molecule has 4 rings (SSSR count). The zero-order chi connectivity index (χ0) is 24.2. The molecule has 6 nitrogen and oxygen atoms in total. The van der Waals surface area contributed by atoms with Crippen molar-refractivity contribution >= 4 is 38.9 Å². The van der Waals surface area contributed by atoms with E-state index in [0.29, 0.717) is 18.9 Å². The van der Waals surface area contributed by atoms with E-state index in [-0.39, 0.29) is 63.7 Å². The molecule has 34 heavy (non-hydrogen) atoms. The number of carbonyl (C=O) groups excluding carboxylic acids is 2. The van der Waals surface area contributed by atoms with Crippen molar-refractivity contribution < 1.29 is 70.5 Å². The van der Waals surface area contributed by atoms with Crippen molar-refractivity contribution in [1.82, 2.24) is 9.47 Å². The molecule has 2 heterocycles. The molecular weight excluding hydrogens is 528 g/mol. The second kappa shape index (κ2) is 16.8. The summed E-state index contributed by atoms with van der Waals surface area (Å²) >= 11 is 3.48. The summed E-state index contributed by atoms with van der Waals surface area (Å²) in [6.45, 7) is 1.70. The number of likely N-dealkylation sites (tertiary alicyclic amines) is 1. The number of fused-ring (bicyclic) bond motifs is 1. The fraction of sp³-hybridized carbons (Fsp3) is 0.360. The first-order chi connectivity index (χ1) is 16.0. The molecular formula is C25H30BrFKN3O3. The van der Waals surface area contributed by atoms with Crippen LogP contribution in [0.1, 0.15) is 28.8 Å². The van der Waals surface area contributed by atoms with Crippen molar-refractivity contribution in [2.75, 3.05) is 27.4 Å². The Morgan fingerprint density at radius 2 is 1.97 bits per heavy atom. The third kappa shape index (κ3) is 9.04. The Hall–Kier alpha value is -0.754. The van der Waals surface area contributed by atoms with Crippen molar-refractivity contribution in [3.05, 3.63) is 75.6 Å². The minimum absolute atomic E-state index is 0. The standard InChI is InChI=1S/C12H16BrN2.C12H11NO3.CH3F.K/c1-15-7-3-6-12(15)14-9-10-4-2-5-11(13)8-10;14-6-5-13-7-10(12(16)8-15)9-3-1-2-4-11(9)13;1-2;/h2,4-5,8,12H,3,6-7,9H2,1H3;1-4,6-7,15H,5,8H2;1H3;/q-1;;;+1. The number of halogens is 2. The average Bonchev–Trinajstić information content (AvgIpc) is 3.43. The predicted molar refractivity (Wildman–Crippen MR) is 133 cm³/mol.